The average molecular weight is 187 g/mol. The van der Waals surface area contributed by atoms with E-state index in [0.717, 1.165) is 0 Å². The Balaban J connectivity index is 2.74. The van der Waals surface area contributed by atoms with Crippen LogP contribution in [0.15, 0.2) is 0 Å². The maximum absolute atomic E-state index is 12.7. The highest BCUT2D eigenvalue weighted by Crippen LogP contribution is 2.09. The van der Waals surface area contributed by atoms with Crippen LogP contribution in [0.3, 0.4) is 0 Å². The number of aromatic amines is 1. The molecule has 0 aromatic carbocycles. The molecule has 1 aromatic heterocycles. The molecule has 1 rings (SSSR count). The van der Waals surface area contributed by atoms with Gasteiger partial charge in [0.2, 0.25) is 5.95 Å². The molecule has 72 valence electrons. The third kappa shape index (κ3) is 2.03. The smallest absolute Gasteiger partial charge is 0.320 e. The molecule has 0 fully saturated rings. The minimum Gasteiger partial charge on any atom is -0.480 e. The number of nitrogens with zero attached hydrogens (tertiary/aromatic N) is 1. The molecule has 0 saturated carbocycles. The molecule has 5 nitrogen and oxygen atoms in total. The zero-order chi connectivity index (χ0) is 10.0. The van der Waals surface area contributed by atoms with Crippen molar-refractivity contribution in [2.45, 2.75) is 19.4 Å². The topological polar surface area (TPSA) is 92.0 Å². The van der Waals surface area contributed by atoms with E-state index in [1.165, 1.54) is 6.92 Å². The van der Waals surface area contributed by atoms with Crippen LogP contribution in [0.5, 0.6) is 0 Å². The van der Waals surface area contributed by atoms with Crippen LogP contribution in [-0.2, 0) is 11.2 Å². The standard InChI is InChI=1S/C7H10FN3O2/c1-3-5(10-11-6(3)8)2-4(9)7(12)13/h4H,2,9H2,1H3,(H,10,11)(H,12,13). The minimum absolute atomic E-state index is 0.0537. The largest absolute Gasteiger partial charge is 0.480 e. The van der Waals surface area contributed by atoms with Crippen molar-refractivity contribution in [1.29, 1.82) is 0 Å². The first-order valence-corrected chi connectivity index (χ1v) is 3.70. The van der Waals surface area contributed by atoms with Gasteiger partial charge < -0.3 is 10.8 Å². The molecule has 0 radical (unpaired) electrons. The predicted molar refractivity (Wildman–Crippen MR) is 42.6 cm³/mol. The van der Waals surface area contributed by atoms with Gasteiger partial charge in [-0.1, -0.05) is 0 Å². The molecule has 0 amide bonds. The SMILES string of the molecule is Cc1c(F)n[nH]c1CC(N)C(=O)O. The number of carboxylic acids is 1. The Hall–Kier alpha value is -1.43. The van der Waals surface area contributed by atoms with Gasteiger partial charge in [0.1, 0.15) is 6.04 Å². The summed E-state index contributed by atoms with van der Waals surface area (Å²) in [7, 11) is 0. The van der Waals surface area contributed by atoms with Crippen LogP contribution >= 0.6 is 0 Å². The van der Waals surface area contributed by atoms with Crippen LogP contribution < -0.4 is 5.73 Å². The highest BCUT2D eigenvalue weighted by molar-refractivity contribution is 5.73. The Kier molecular flexibility index (Phi) is 2.62. The molecular weight excluding hydrogens is 177 g/mol. The lowest BCUT2D eigenvalue weighted by molar-refractivity contribution is -0.138. The number of nitrogens with two attached hydrogens (primary N) is 1. The van der Waals surface area contributed by atoms with Crippen molar-refractivity contribution in [3.8, 4) is 0 Å². The second-order valence-electron chi connectivity index (χ2n) is 2.77. The van der Waals surface area contributed by atoms with E-state index in [4.69, 9.17) is 10.8 Å². The Labute approximate surface area is 73.7 Å². The predicted octanol–water partition coefficient (Wildman–Crippen LogP) is -0.188. The fourth-order valence-corrected chi connectivity index (χ4v) is 0.915. The summed E-state index contributed by atoms with van der Waals surface area (Å²) in [5, 5.41) is 14.2. The zero-order valence-electron chi connectivity index (χ0n) is 7.04. The summed E-state index contributed by atoms with van der Waals surface area (Å²) < 4.78 is 12.7. The van der Waals surface area contributed by atoms with Crippen molar-refractivity contribution in [3.63, 3.8) is 0 Å². The highest BCUT2D eigenvalue weighted by Gasteiger charge is 2.16. The number of aliphatic carboxylic acids is 1. The number of rotatable bonds is 3. The van der Waals surface area contributed by atoms with E-state index in [2.05, 4.69) is 10.2 Å². The average Bonchev–Trinajstić information content (AvgIpc) is 2.36. The summed E-state index contributed by atoms with van der Waals surface area (Å²) in [5.41, 5.74) is 6.00. The van der Waals surface area contributed by atoms with E-state index in [9.17, 15) is 9.18 Å². The molecule has 0 aliphatic heterocycles. The molecule has 1 atom stereocenters. The van der Waals surface area contributed by atoms with Crippen molar-refractivity contribution < 1.29 is 14.3 Å². The van der Waals surface area contributed by atoms with Crippen molar-refractivity contribution in [2.24, 2.45) is 5.73 Å². The number of carbonyl (C=O) groups is 1. The van der Waals surface area contributed by atoms with E-state index in [0.29, 0.717) is 11.3 Å². The third-order valence-corrected chi connectivity index (χ3v) is 1.79. The fraction of sp³-hybridized carbons (Fsp3) is 0.429. The van der Waals surface area contributed by atoms with E-state index in [1.807, 2.05) is 0 Å². The molecule has 1 heterocycles. The minimum atomic E-state index is -1.12. The van der Waals surface area contributed by atoms with E-state index in [1.54, 1.807) is 0 Å². The Morgan fingerprint density at radius 2 is 2.46 bits per heavy atom. The summed E-state index contributed by atoms with van der Waals surface area (Å²) >= 11 is 0. The summed E-state index contributed by atoms with van der Waals surface area (Å²) in [5.74, 6) is -1.73. The van der Waals surface area contributed by atoms with Gasteiger partial charge in [-0.3, -0.25) is 9.89 Å². The van der Waals surface area contributed by atoms with Gasteiger partial charge in [0.05, 0.1) is 0 Å². The van der Waals surface area contributed by atoms with Crippen LogP contribution in [0, 0.1) is 12.9 Å². The van der Waals surface area contributed by atoms with E-state index >= 15 is 0 Å². The number of hydrogen-bond acceptors (Lipinski definition) is 3. The van der Waals surface area contributed by atoms with Gasteiger partial charge in [0.15, 0.2) is 0 Å². The summed E-state index contributed by atoms with van der Waals surface area (Å²) in [4.78, 5) is 10.4. The lowest BCUT2D eigenvalue weighted by Gasteiger charge is -2.03. The van der Waals surface area contributed by atoms with Crippen LogP contribution in [0.1, 0.15) is 11.3 Å². The lowest BCUT2D eigenvalue weighted by Crippen LogP contribution is -2.32. The Morgan fingerprint density at radius 3 is 2.85 bits per heavy atom. The molecule has 13 heavy (non-hydrogen) atoms. The highest BCUT2D eigenvalue weighted by atomic mass is 19.1. The second-order valence-corrected chi connectivity index (χ2v) is 2.77. The molecule has 1 unspecified atom stereocenters. The van der Waals surface area contributed by atoms with Crippen LogP contribution in [-0.4, -0.2) is 27.3 Å². The normalized spacial score (nSPS) is 12.8. The molecule has 0 aliphatic carbocycles. The number of aromatic nitrogens is 2. The monoisotopic (exact) mass is 187 g/mol. The number of H-pyrrole nitrogens is 1. The molecule has 0 aliphatic rings. The summed E-state index contributed by atoms with van der Waals surface area (Å²) in [6, 6.07) is -1.03. The summed E-state index contributed by atoms with van der Waals surface area (Å²) in [6.07, 6.45) is 0.0537. The molecule has 0 bridgehead atoms. The first-order valence-electron chi connectivity index (χ1n) is 3.70. The third-order valence-electron chi connectivity index (χ3n) is 1.79. The zero-order valence-corrected chi connectivity index (χ0v) is 7.04. The Morgan fingerprint density at radius 1 is 1.85 bits per heavy atom. The fourth-order valence-electron chi connectivity index (χ4n) is 0.915. The van der Waals surface area contributed by atoms with Gasteiger partial charge in [0, 0.05) is 17.7 Å². The first-order chi connectivity index (χ1) is 6.02. The van der Waals surface area contributed by atoms with Gasteiger partial charge in [-0.15, -0.1) is 5.10 Å². The molecule has 6 heteroatoms. The van der Waals surface area contributed by atoms with Crippen LogP contribution in [0.25, 0.3) is 0 Å². The van der Waals surface area contributed by atoms with Gasteiger partial charge in [-0.25, -0.2) is 0 Å². The van der Waals surface area contributed by atoms with Crippen molar-refractivity contribution in [1.82, 2.24) is 10.2 Å². The van der Waals surface area contributed by atoms with E-state index in [-0.39, 0.29) is 6.42 Å². The number of halogens is 1. The lowest BCUT2D eigenvalue weighted by atomic mass is 10.1. The van der Waals surface area contributed by atoms with Gasteiger partial charge in [-0.2, -0.15) is 4.39 Å². The van der Waals surface area contributed by atoms with E-state index < -0.39 is 18.0 Å². The van der Waals surface area contributed by atoms with Crippen molar-refractivity contribution in [3.05, 3.63) is 17.2 Å². The quantitative estimate of drug-likeness (QED) is 0.611. The van der Waals surface area contributed by atoms with Gasteiger partial charge in [-0.05, 0) is 6.92 Å². The van der Waals surface area contributed by atoms with Crippen LogP contribution in [0.4, 0.5) is 4.39 Å². The first kappa shape index (κ1) is 9.66. The number of carboxylic acid groups (broad SMARTS) is 1. The maximum Gasteiger partial charge on any atom is 0.320 e. The molecular formula is C7H10FN3O2. The van der Waals surface area contributed by atoms with Crippen molar-refractivity contribution in [2.75, 3.05) is 0 Å². The van der Waals surface area contributed by atoms with Gasteiger partial charge in [0.25, 0.3) is 0 Å². The molecule has 0 saturated heterocycles. The second kappa shape index (κ2) is 3.53. The molecule has 1 aromatic rings. The molecule has 0 spiro atoms. The number of nitrogens with one attached hydrogen (secondary N) is 1. The number of hydrogen-bond donors (Lipinski definition) is 3. The molecule has 4 N–H and O–H groups in total. The summed E-state index contributed by atoms with van der Waals surface area (Å²) in [6.45, 7) is 1.52. The van der Waals surface area contributed by atoms with Crippen LogP contribution in [0.2, 0.25) is 0 Å². The Bertz CT molecular complexity index is 324. The maximum atomic E-state index is 12.7. The van der Waals surface area contributed by atoms with Gasteiger partial charge >= 0.3 is 5.97 Å². The van der Waals surface area contributed by atoms with Crippen molar-refractivity contribution >= 4 is 5.97 Å².